The van der Waals surface area contributed by atoms with Crippen molar-refractivity contribution >= 4 is 32.6 Å². The number of aromatic nitrogens is 1. The molecule has 0 bridgehead atoms. The van der Waals surface area contributed by atoms with Crippen LogP contribution >= 0.6 is 11.3 Å². The topological polar surface area (TPSA) is 51.2 Å². The largest absolute Gasteiger partial charge is 0.493 e. The second-order valence-electron chi connectivity index (χ2n) is 5.41. The van der Waals surface area contributed by atoms with Gasteiger partial charge < -0.3 is 10.1 Å². The average molecular weight is 326 g/mol. The van der Waals surface area contributed by atoms with Gasteiger partial charge in [-0.1, -0.05) is 35.6 Å². The summed E-state index contributed by atoms with van der Waals surface area (Å²) in [6.45, 7) is 4.46. The van der Waals surface area contributed by atoms with Crippen LogP contribution in [0.3, 0.4) is 0 Å². The van der Waals surface area contributed by atoms with Gasteiger partial charge in [-0.05, 0) is 43.2 Å². The summed E-state index contributed by atoms with van der Waals surface area (Å²) in [5.41, 5.74) is 3.29. The number of hydrogen-bond donors (Lipinski definition) is 1. The maximum absolute atomic E-state index is 12.0. The number of ether oxygens (including phenoxy) is 1. The number of carbonyl (C=O) groups is 1. The van der Waals surface area contributed by atoms with E-state index in [1.807, 2.05) is 43.3 Å². The molecule has 23 heavy (non-hydrogen) atoms. The monoisotopic (exact) mass is 326 g/mol. The van der Waals surface area contributed by atoms with Crippen molar-refractivity contribution in [2.75, 3.05) is 11.9 Å². The number of aryl methyl sites for hydroxylation is 2. The number of benzene rings is 2. The van der Waals surface area contributed by atoms with Crippen molar-refractivity contribution in [2.45, 2.75) is 20.3 Å². The van der Waals surface area contributed by atoms with Crippen LogP contribution in [0.25, 0.3) is 10.2 Å². The molecule has 1 N–H and O–H groups in total. The van der Waals surface area contributed by atoms with Crippen molar-refractivity contribution < 1.29 is 9.53 Å². The van der Waals surface area contributed by atoms with Crippen molar-refractivity contribution in [1.82, 2.24) is 4.98 Å². The zero-order chi connectivity index (χ0) is 16.2. The third kappa shape index (κ3) is 3.87. The van der Waals surface area contributed by atoms with Gasteiger partial charge in [0.05, 0.1) is 23.2 Å². The lowest BCUT2D eigenvalue weighted by Crippen LogP contribution is -2.14. The lowest BCUT2D eigenvalue weighted by molar-refractivity contribution is -0.116. The fraction of sp³-hybridized carbons (Fsp3) is 0.222. The number of thiazole rings is 1. The van der Waals surface area contributed by atoms with E-state index < -0.39 is 0 Å². The first kappa shape index (κ1) is 15.5. The van der Waals surface area contributed by atoms with E-state index in [1.165, 1.54) is 22.5 Å². The van der Waals surface area contributed by atoms with Gasteiger partial charge in [0.15, 0.2) is 5.13 Å². The third-order valence-corrected chi connectivity index (χ3v) is 4.53. The summed E-state index contributed by atoms with van der Waals surface area (Å²) >= 11 is 1.51. The van der Waals surface area contributed by atoms with Gasteiger partial charge in [-0.25, -0.2) is 4.98 Å². The average Bonchev–Trinajstić information content (AvgIpc) is 2.91. The molecule has 118 valence electrons. The number of fused-ring (bicyclic) bond motifs is 1. The smallest absolute Gasteiger partial charge is 0.229 e. The molecule has 0 radical (unpaired) electrons. The van der Waals surface area contributed by atoms with E-state index in [1.54, 1.807) is 0 Å². The van der Waals surface area contributed by atoms with Gasteiger partial charge in [0.2, 0.25) is 5.91 Å². The first-order chi connectivity index (χ1) is 11.1. The molecule has 0 unspecified atom stereocenters. The van der Waals surface area contributed by atoms with Gasteiger partial charge in [0, 0.05) is 0 Å². The van der Waals surface area contributed by atoms with Gasteiger partial charge in [0.25, 0.3) is 0 Å². The molecule has 0 aliphatic rings. The molecular weight excluding hydrogens is 308 g/mol. The van der Waals surface area contributed by atoms with Gasteiger partial charge >= 0.3 is 0 Å². The zero-order valence-corrected chi connectivity index (χ0v) is 13.9. The highest BCUT2D eigenvalue weighted by Crippen LogP contribution is 2.29. The molecule has 2 aromatic carbocycles. The molecule has 0 saturated heterocycles. The molecule has 5 heteroatoms. The predicted octanol–water partition coefficient (Wildman–Crippen LogP) is 4.32. The number of nitrogens with one attached hydrogen (secondary N) is 1. The highest BCUT2D eigenvalue weighted by atomic mass is 32.1. The number of hydrogen-bond acceptors (Lipinski definition) is 4. The van der Waals surface area contributed by atoms with Crippen LogP contribution in [0, 0.1) is 13.8 Å². The van der Waals surface area contributed by atoms with Crippen molar-refractivity contribution in [3.05, 3.63) is 53.6 Å². The lowest BCUT2D eigenvalue weighted by Gasteiger charge is -2.05. The summed E-state index contributed by atoms with van der Waals surface area (Å²) in [5, 5.41) is 3.49. The standard InChI is InChI=1S/C18H18N2O2S/c1-12-10-13(2)17-15(11-12)19-18(23-17)20-16(21)8-9-22-14-6-4-3-5-7-14/h3-7,10-11H,8-9H2,1-2H3,(H,19,20,21). The molecule has 1 amide bonds. The highest BCUT2D eigenvalue weighted by Gasteiger charge is 2.10. The van der Waals surface area contributed by atoms with Crippen LogP contribution < -0.4 is 10.1 Å². The Balaban J connectivity index is 1.58. The number of rotatable bonds is 5. The van der Waals surface area contributed by atoms with E-state index >= 15 is 0 Å². The molecule has 3 rings (SSSR count). The predicted molar refractivity (Wildman–Crippen MR) is 94.3 cm³/mol. The summed E-state index contributed by atoms with van der Waals surface area (Å²) in [6.07, 6.45) is 0.294. The Bertz CT molecular complexity index is 828. The molecule has 0 atom stereocenters. The normalized spacial score (nSPS) is 10.7. The molecule has 0 aliphatic heterocycles. The Labute approximate surface area is 139 Å². The zero-order valence-electron chi connectivity index (χ0n) is 13.1. The van der Waals surface area contributed by atoms with E-state index in [9.17, 15) is 4.79 Å². The minimum Gasteiger partial charge on any atom is -0.493 e. The van der Waals surface area contributed by atoms with Crippen LogP contribution in [0.5, 0.6) is 5.75 Å². The van der Waals surface area contributed by atoms with Crippen LogP contribution in [0.2, 0.25) is 0 Å². The Hall–Kier alpha value is -2.40. The summed E-state index contributed by atoms with van der Waals surface area (Å²) in [6, 6.07) is 13.6. The van der Waals surface area contributed by atoms with Crippen molar-refractivity contribution in [2.24, 2.45) is 0 Å². The molecule has 0 spiro atoms. The minimum atomic E-state index is -0.0886. The Morgan fingerprint density at radius 3 is 2.78 bits per heavy atom. The molecule has 0 saturated carbocycles. The Kier molecular flexibility index (Phi) is 4.57. The highest BCUT2D eigenvalue weighted by molar-refractivity contribution is 7.22. The molecular formula is C18H18N2O2S. The number of para-hydroxylation sites is 1. The summed E-state index contributed by atoms with van der Waals surface area (Å²) in [5.74, 6) is 0.681. The summed E-state index contributed by atoms with van der Waals surface area (Å²) < 4.78 is 6.65. The fourth-order valence-electron chi connectivity index (χ4n) is 2.39. The van der Waals surface area contributed by atoms with Crippen LogP contribution in [0.1, 0.15) is 17.5 Å². The van der Waals surface area contributed by atoms with E-state index in [0.717, 1.165) is 16.0 Å². The maximum atomic E-state index is 12.0. The van der Waals surface area contributed by atoms with E-state index in [4.69, 9.17) is 4.74 Å². The number of carbonyl (C=O) groups excluding carboxylic acids is 1. The van der Waals surface area contributed by atoms with Gasteiger partial charge in [0.1, 0.15) is 5.75 Å². The van der Waals surface area contributed by atoms with Crippen LogP contribution in [0.4, 0.5) is 5.13 Å². The van der Waals surface area contributed by atoms with Crippen LogP contribution in [0.15, 0.2) is 42.5 Å². The Morgan fingerprint density at radius 1 is 1.22 bits per heavy atom. The summed E-state index contributed by atoms with van der Waals surface area (Å²) in [7, 11) is 0. The van der Waals surface area contributed by atoms with Gasteiger partial charge in [-0.3, -0.25) is 4.79 Å². The molecule has 1 heterocycles. The van der Waals surface area contributed by atoms with Crippen molar-refractivity contribution in [3.8, 4) is 5.75 Å². The molecule has 0 aliphatic carbocycles. The SMILES string of the molecule is Cc1cc(C)c2sc(NC(=O)CCOc3ccccc3)nc2c1. The molecule has 1 aromatic heterocycles. The number of nitrogens with zero attached hydrogens (tertiary/aromatic N) is 1. The quantitative estimate of drug-likeness (QED) is 0.759. The second kappa shape index (κ2) is 6.79. The van der Waals surface area contributed by atoms with Gasteiger partial charge in [-0.15, -0.1) is 0 Å². The summed E-state index contributed by atoms with van der Waals surface area (Å²) in [4.78, 5) is 16.5. The van der Waals surface area contributed by atoms with Crippen LogP contribution in [-0.2, 0) is 4.79 Å². The van der Waals surface area contributed by atoms with Gasteiger partial charge in [-0.2, -0.15) is 0 Å². The first-order valence-corrected chi connectivity index (χ1v) is 8.29. The molecule has 4 nitrogen and oxygen atoms in total. The molecule has 0 fully saturated rings. The molecule has 3 aromatic rings. The maximum Gasteiger partial charge on any atom is 0.229 e. The van der Waals surface area contributed by atoms with Crippen molar-refractivity contribution in [1.29, 1.82) is 0 Å². The number of anilines is 1. The van der Waals surface area contributed by atoms with E-state index in [0.29, 0.717) is 18.2 Å². The Morgan fingerprint density at radius 2 is 2.00 bits per heavy atom. The third-order valence-electron chi connectivity index (χ3n) is 3.41. The second-order valence-corrected chi connectivity index (χ2v) is 6.41. The first-order valence-electron chi connectivity index (χ1n) is 7.47. The fourth-order valence-corrected chi connectivity index (χ4v) is 3.32. The lowest BCUT2D eigenvalue weighted by atomic mass is 10.1. The minimum absolute atomic E-state index is 0.0886. The van der Waals surface area contributed by atoms with E-state index in [-0.39, 0.29) is 5.91 Å². The number of amides is 1. The van der Waals surface area contributed by atoms with Crippen molar-refractivity contribution in [3.63, 3.8) is 0 Å². The van der Waals surface area contributed by atoms with E-state index in [2.05, 4.69) is 23.3 Å². The van der Waals surface area contributed by atoms with Crippen LogP contribution in [-0.4, -0.2) is 17.5 Å².